The number of nitriles is 1. The van der Waals surface area contributed by atoms with Crippen molar-refractivity contribution in [2.24, 2.45) is 11.8 Å². The highest BCUT2D eigenvalue weighted by molar-refractivity contribution is 14.1. The summed E-state index contributed by atoms with van der Waals surface area (Å²) in [6, 6.07) is 3.17. The van der Waals surface area contributed by atoms with Crippen molar-refractivity contribution in [3.63, 3.8) is 0 Å². The van der Waals surface area contributed by atoms with Gasteiger partial charge in [-0.15, -0.1) is 0 Å². The van der Waals surface area contributed by atoms with Gasteiger partial charge in [0.25, 0.3) is 0 Å². The van der Waals surface area contributed by atoms with Crippen LogP contribution >= 0.6 is 22.6 Å². The molecule has 2 rings (SSSR count). The minimum atomic E-state index is 0.375. The summed E-state index contributed by atoms with van der Waals surface area (Å²) >= 11 is 2.43. The van der Waals surface area contributed by atoms with Gasteiger partial charge < -0.3 is 0 Å². The SMILES string of the molecule is N#CC1CC2CC1CN2CCI. The van der Waals surface area contributed by atoms with Crippen LogP contribution in [-0.2, 0) is 0 Å². The second kappa shape index (κ2) is 3.51. The summed E-state index contributed by atoms with van der Waals surface area (Å²) in [4.78, 5) is 2.56. The Morgan fingerprint density at radius 2 is 2.33 bits per heavy atom. The molecule has 2 nitrogen and oxygen atoms in total. The lowest BCUT2D eigenvalue weighted by Crippen LogP contribution is -2.36. The molecule has 0 aromatic heterocycles. The normalized spacial score (nSPS) is 40.2. The molecular weight excluding hydrogens is 263 g/mol. The van der Waals surface area contributed by atoms with Crippen molar-refractivity contribution in [2.45, 2.75) is 18.9 Å². The van der Waals surface area contributed by atoms with Crippen LogP contribution in [0.15, 0.2) is 0 Å². The van der Waals surface area contributed by atoms with Gasteiger partial charge in [-0.25, -0.2) is 0 Å². The molecule has 3 atom stereocenters. The molecule has 0 radical (unpaired) electrons. The third-order valence-electron chi connectivity index (χ3n) is 3.19. The summed E-state index contributed by atoms with van der Waals surface area (Å²) < 4.78 is 1.22. The molecule has 0 spiro atoms. The quantitative estimate of drug-likeness (QED) is 0.566. The third-order valence-corrected chi connectivity index (χ3v) is 3.68. The van der Waals surface area contributed by atoms with E-state index < -0.39 is 0 Å². The Balaban J connectivity index is 1.95. The summed E-state index contributed by atoms with van der Waals surface area (Å²) in [6.45, 7) is 2.41. The van der Waals surface area contributed by atoms with Crippen molar-refractivity contribution >= 4 is 22.6 Å². The lowest BCUT2D eigenvalue weighted by Gasteiger charge is -2.27. The molecule has 1 saturated heterocycles. The van der Waals surface area contributed by atoms with E-state index in [1.54, 1.807) is 0 Å². The molecule has 1 aliphatic heterocycles. The van der Waals surface area contributed by atoms with Crippen LogP contribution < -0.4 is 0 Å². The highest BCUT2D eigenvalue weighted by atomic mass is 127. The van der Waals surface area contributed by atoms with E-state index in [2.05, 4.69) is 33.6 Å². The Kier molecular flexibility index (Phi) is 2.56. The first-order chi connectivity index (χ1) is 5.85. The smallest absolute Gasteiger partial charge is 0.0659 e. The fourth-order valence-corrected chi connectivity index (χ4v) is 3.21. The maximum absolute atomic E-state index is 8.83. The minimum Gasteiger partial charge on any atom is -0.299 e. The molecule has 0 aromatic carbocycles. The van der Waals surface area contributed by atoms with Gasteiger partial charge in [-0.2, -0.15) is 5.26 Å². The van der Waals surface area contributed by atoms with Crippen molar-refractivity contribution in [3.05, 3.63) is 0 Å². The Labute approximate surface area is 87.1 Å². The first-order valence-electron chi connectivity index (χ1n) is 4.54. The summed E-state index contributed by atoms with van der Waals surface area (Å²) in [5.41, 5.74) is 0. The zero-order chi connectivity index (χ0) is 8.55. The van der Waals surface area contributed by atoms with Gasteiger partial charge in [0.15, 0.2) is 0 Å². The van der Waals surface area contributed by atoms with Crippen molar-refractivity contribution in [3.8, 4) is 6.07 Å². The molecule has 1 heterocycles. The Morgan fingerprint density at radius 3 is 2.83 bits per heavy atom. The van der Waals surface area contributed by atoms with Gasteiger partial charge in [-0.3, -0.25) is 4.90 Å². The van der Waals surface area contributed by atoms with Crippen LogP contribution in [0.25, 0.3) is 0 Å². The van der Waals surface area contributed by atoms with E-state index in [0.29, 0.717) is 11.8 Å². The fraction of sp³-hybridized carbons (Fsp3) is 0.889. The average Bonchev–Trinajstić information content (AvgIpc) is 2.62. The van der Waals surface area contributed by atoms with Gasteiger partial charge in [0.2, 0.25) is 0 Å². The minimum absolute atomic E-state index is 0.375. The van der Waals surface area contributed by atoms with Crippen LogP contribution in [0.2, 0.25) is 0 Å². The van der Waals surface area contributed by atoms with Crippen molar-refractivity contribution in [1.29, 1.82) is 5.26 Å². The van der Waals surface area contributed by atoms with Crippen LogP contribution in [0.3, 0.4) is 0 Å². The summed E-state index contributed by atoms with van der Waals surface area (Å²) in [7, 11) is 0. The van der Waals surface area contributed by atoms with Crippen LogP contribution in [0.5, 0.6) is 0 Å². The van der Waals surface area contributed by atoms with Crippen LogP contribution in [-0.4, -0.2) is 28.5 Å². The second-order valence-electron chi connectivity index (χ2n) is 3.80. The molecule has 2 bridgehead atoms. The van der Waals surface area contributed by atoms with Gasteiger partial charge in [0.05, 0.1) is 12.0 Å². The number of likely N-dealkylation sites (tertiary alicyclic amines) is 1. The Bertz CT molecular complexity index is 211. The summed E-state index contributed by atoms with van der Waals surface area (Å²) in [6.07, 6.45) is 2.42. The topological polar surface area (TPSA) is 27.0 Å². The Hall–Kier alpha value is 0.180. The van der Waals surface area contributed by atoms with E-state index in [0.717, 1.165) is 12.5 Å². The van der Waals surface area contributed by atoms with Crippen LogP contribution in [0.4, 0.5) is 0 Å². The van der Waals surface area contributed by atoms with Crippen molar-refractivity contribution in [2.75, 3.05) is 17.5 Å². The van der Waals surface area contributed by atoms with Crippen LogP contribution in [0, 0.1) is 23.2 Å². The molecule has 0 amide bonds. The molecule has 66 valence electrons. The molecule has 3 heteroatoms. The molecule has 1 saturated carbocycles. The van der Waals surface area contributed by atoms with E-state index in [1.807, 2.05) is 0 Å². The molecule has 3 unspecified atom stereocenters. The molecule has 0 aromatic rings. The number of nitrogens with zero attached hydrogens (tertiary/aromatic N) is 2. The number of hydrogen-bond donors (Lipinski definition) is 0. The van der Waals surface area contributed by atoms with Crippen LogP contribution in [0.1, 0.15) is 12.8 Å². The molecule has 1 aliphatic carbocycles. The first-order valence-corrected chi connectivity index (χ1v) is 6.07. The number of alkyl halides is 1. The number of rotatable bonds is 2. The predicted molar refractivity (Wildman–Crippen MR) is 56.1 cm³/mol. The second-order valence-corrected chi connectivity index (χ2v) is 4.88. The molecule has 0 N–H and O–H groups in total. The van der Waals surface area contributed by atoms with Gasteiger partial charge in [-0.1, -0.05) is 22.6 Å². The molecule has 2 fully saturated rings. The highest BCUT2D eigenvalue weighted by Gasteiger charge is 2.44. The van der Waals surface area contributed by atoms with E-state index >= 15 is 0 Å². The number of fused-ring (bicyclic) bond motifs is 2. The van der Waals surface area contributed by atoms with Gasteiger partial charge in [0, 0.05) is 23.6 Å². The highest BCUT2D eigenvalue weighted by Crippen LogP contribution is 2.41. The monoisotopic (exact) mass is 276 g/mol. The summed E-state index contributed by atoms with van der Waals surface area (Å²) in [5.74, 6) is 1.07. The standard InChI is InChI=1S/C9H13IN2/c10-1-2-12-6-8-4-9(12)3-7(8)5-11/h7-9H,1-4,6H2. The van der Waals surface area contributed by atoms with Gasteiger partial charge in [-0.05, 0) is 18.8 Å². The van der Waals surface area contributed by atoms with E-state index in [-0.39, 0.29) is 0 Å². The maximum Gasteiger partial charge on any atom is 0.0659 e. The zero-order valence-corrected chi connectivity index (χ0v) is 9.20. The zero-order valence-electron chi connectivity index (χ0n) is 7.04. The fourth-order valence-electron chi connectivity index (χ4n) is 2.59. The Morgan fingerprint density at radius 1 is 1.50 bits per heavy atom. The van der Waals surface area contributed by atoms with Gasteiger partial charge >= 0.3 is 0 Å². The molecule has 12 heavy (non-hydrogen) atoms. The van der Waals surface area contributed by atoms with E-state index in [1.165, 1.54) is 23.9 Å². The van der Waals surface area contributed by atoms with Gasteiger partial charge in [0.1, 0.15) is 0 Å². The lowest BCUT2D eigenvalue weighted by molar-refractivity contribution is 0.206. The lowest BCUT2D eigenvalue weighted by atomic mass is 9.96. The number of piperidine rings is 1. The molecular formula is C9H13IN2. The van der Waals surface area contributed by atoms with Crippen molar-refractivity contribution in [1.82, 2.24) is 4.90 Å². The largest absolute Gasteiger partial charge is 0.299 e. The summed E-state index contributed by atoms with van der Waals surface area (Å²) in [5, 5.41) is 8.83. The average molecular weight is 276 g/mol. The van der Waals surface area contributed by atoms with E-state index in [4.69, 9.17) is 5.26 Å². The first kappa shape index (κ1) is 8.76. The number of halogens is 1. The molecule has 2 aliphatic rings. The van der Waals surface area contributed by atoms with E-state index in [9.17, 15) is 0 Å². The maximum atomic E-state index is 8.83. The third kappa shape index (κ3) is 1.35. The number of hydrogen-bond acceptors (Lipinski definition) is 2. The predicted octanol–water partition coefficient (Wildman–Crippen LogP) is 1.66. The van der Waals surface area contributed by atoms with Crippen molar-refractivity contribution < 1.29 is 0 Å².